The van der Waals surface area contributed by atoms with E-state index in [-0.39, 0.29) is 11.5 Å². The maximum Gasteiger partial charge on any atom is 0.311 e. The molecule has 0 aromatic carbocycles. The predicted octanol–water partition coefficient (Wildman–Crippen LogP) is 2.65. The van der Waals surface area contributed by atoms with Gasteiger partial charge in [0, 0.05) is 18.3 Å². The maximum absolute atomic E-state index is 11.0. The van der Waals surface area contributed by atoms with E-state index >= 15 is 0 Å². The Kier molecular flexibility index (Phi) is 4.23. The molecule has 6 heteroatoms. The second kappa shape index (κ2) is 5.75. The third kappa shape index (κ3) is 3.45. The lowest BCUT2D eigenvalue weighted by atomic mass is 9.79. The van der Waals surface area contributed by atoms with Gasteiger partial charge in [-0.1, -0.05) is 19.8 Å². The Bertz CT molecular complexity index is 506. The summed E-state index contributed by atoms with van der Waals surface area (Å²) >= 11 is 0. The van der Waals surface area contributed by atoms with Gasteiger partial charge in [0.1, 0.15) is 0 Å². The number of nitro groups is 1. The van der Waals surface area contributed by atoms with Crippen molar-refractivity contribution in [2.24, 2.45) is 5.92 Å². The molecule has 0 bridgehead atoms. The molecule has 1 fully saturated rings. The number of hydrogen-bond acceptors (Lipinski definition) is 5. The van der Waals surface area contributed by atoms with Crippen LogP contribution in [0.3, 0.4) is 0 Å². The molecule has 6 nitrogen and oxygen atoms in total. The van der Waals surface area contributed by atoms with Crippen molar-refractivity contribution >= 4 is 11.5 Å². The number of pyridine rings is 1. The first-order valence-corrected chi connectivity index (χ1v) is 6.98. The van der Waals surface area contributed by atoms with E-state index in [1.54, 1.807) is 13.0 Å². The molecule has 2 unspecified atom stereocenters. The number of aryl methyl sites for hydroxylation is 1. The average Bonchev–Trinajstić information content (AvgIpc) is 2.36. The van der Waals surface area contributed by atoms with Gasteiger partial charge in [-0.3, -0.25) is 10.1 Å². The normalized spacial score (nSPS) is 26.2. The topological polar surface area (TPSA) is 88.3 Å². The monoisotopic (exact) mass is 279 g/mol. The Morgan fingerprint density at radius 2 is 2.35 bits per heavy atom. The van der Waals surface area contributed by atoms with Gasteiger partial charge in [-0.05, 0) is 31.7 Å². The molecule has 110 valence electrons. The summed E-state index contributed by atoms with van der Waals surface area (Å²) in [6.45, 7) is 4.21. The van der Waals surface area contributed by atoms with Crippen LogP contribution in [-0.2, 0) is 0 Å². The lowest BCUT2D eigenvalue weighted by Crippen LogP contribution is -2.41. The Morgan fingerprint density at radius 3 is 3.00 bits per heavy atom. The zero-order chi connectivity index (χ0) is 14.8. The number of nitrogens with zero attached hydrogens (tertiary/aromatic N) is 2. The van der Waals surface area contributed by atoms with E-state index in [1.165, 1.54) is 6.07 Å². The van der Waals surface area contributed by atoms with Crippen molar-refractivity contribution in [2.45, 2.75) is 45.1 Å². The van der Waals surface area contributed by atoms with Gasteiger partial charge < -0.3 is 10.4 Å². The minimum atomic E-state index is -0.795. The Balaban J connectivity index is 2.10. The third-order valence-electron chi connectivity index (χ3n) is 3.86. The van der Waals surface area contributed by atoms with Crippen LogP contribution >= 0.6 is 0 Å². The Labute approximate surface area is 118 Å². The number of aliphatic hydroxyl groups is 1. The summed E-state index contributed by atoms with van der Waals surface area (Å²) in [4.78, 5) is 14.7. The molecular formula is C14H21N3O3. The summed E-state index contributed by atoms with van der Waals surface area (Å²) in [6.07, 6.45) is 3.57. The second-order valence-electron chi connectivity index (χ2n) is 5.86. The zero-order valence-electron chi connectivity index (χ0n) is 11.9. The number of nitrogens with one attached hydrogen (secondary N) is 1. The van der Waals surface area contributed by atoms with E-state index in [0.29, 0.717) is 18.2 Å². The fourth-order valence-electron chi connectivity index (χ4n) is 2.87. The van der Waals surface area contributed by atoms with Gasteiger partial charge in [0.2, 0.25) is 5.82 Å². The summed E-state index contributed by atoms with van der Waals surface area (Å²) in [5, 5.41) is 24.5. The minimum Gasteiger partial charge on any atom is -0.388 e. The van der Waals surface area contributed by atoms with Crippen LogP contribution in [0.5, 0.6) is 0 Å². The zero-order valence-corrected chi connectivity index (χ0v) is 11.9. The molecule has 1 aromatic rings. The van der Waals surface area contributed by atoms with Crippen molar-refractivity contribution in [2.75, 3.05) is 11.9 Å². The number of rotatable bonds is 4. The van der Waals surface area contributed by atoms with Crippen LogP contribution in [0.2, 0.25) is 0 Å². The first-order chi connectivity index (χ1) is 9.39. The second-order valence-corrected chi connectivity index (χ2v) is 5.86. The van der Waals surface area contributed by atoms with Crippen molar-refractivity contribution in [3.05, 3.63) is 27.9 Å². The first kappa shape index (κ1) is 14.7. The molecule has 20 heavy (non-hydrogen) atoms. The summed E-state index contributed by atoms with van der Waals surface area (Å²) in [5.74, 6) is 0.720. The van der Waals surface area contributed by atoms with Gasteiger partial charge in [0.25, 0.3) is 0 Å². The summed E-state index contributed by atoms with van der Waals surface area (Å²) in [5.41, 5.74) is -0.137. The van der Waals surface area contributed by atoms with Crippen LogP contribution in [0.25, 0.3) is 0 Å². The summed E-state index contributed by atoms with van der Waals surface area (Å²) < 4.78 is 0. The molecule has 1 saturated carbocycles. The third-order valence-corrected chi connectivity index (χ3v) is 3.86. The molecule has 0 spiro atoms. The summed E-state index contributed by atoms with van der Waals surface area (Å²) in [6, 6.07) is 3.05. The maximum atomic E-state index is 11.0. The van der Waals surface area contributed by atoms with Gasteiger partial charge in [-0.15, -0.1) is 0 Å². The van der Waals surface area contributed by atoms with E-state index in [4.69, 9.17) is 0 Å². The molecule has 2 rings (SSSR count). The fourth-order valence-corrected chi connectivity index (χ4v) is 2.87. The van der Waals surface area contributed by atoms with Gasteiger partial charge >= 0.3 is 5.69 Å². The highest BCUT2D eigenvalue weighted by atomic mass is 16.6. The fraction of sp³-hybridized carbons (Fsp3) is 0.643. The highest BCUT2D eigenvalue weighted by Gasteiger charge is 2.33. The van der Waals surface area contributed by atoms with Crippen molar-refractivity contribution in [3.63, 3.8) is 0 Å². The SMILES string of the molecule is Cc1ccc([N+](=O)[O-])c(NCC2(O)CCCC(C)C2)n1. The molecule has 0 radical (unpaired) electrons. The molecule has 1 aromatic heterocycles. The lowest BCUT2D eigenvalue weighted by molar-refractivity contribution is -0.384. The van der Waals surface area contributed by atoms with Crippen molar-refractivity contribution in [1.82, 2.24) is 4.98 Å². The minimum absolute atomic E-state index is 0.0527. The molecule has 0 saturated heterocycles. The van der Waals surface area contributed by atoms with Gasteiger partial charge in [0.15, 0.2) is 0 Å². The van der Waals surface area contributed by atoms with E-state index < -0.39 is 10.5 Å². The van der Waals surface area contributed by atoms with Crippen LogP contribution < -0.4 is 5.32 Å². The van der Waals surface area contributed by atoms with Crippen LogP contribution in [0.1, 0.15) is 38.3 Å². The van der Waals surface area contributed by atoms with Gasteiger partial charge in [-0.25, -0.2) is 4.98 Å². The van der Waals surface area contributed by atoms with Crippen molar-refractivity contribution < 1.29 is 10.0 Å². The van der Waals surface area contributed by atoms with Gasteiger partial charge in [-0.2, -0.15) is 0 Å². The predicted molar refractivity (Wildman–Crippen MR) is 76.7 cm³/mol. The van der Waals surface area contributed by atoms with E-state index in [9.17, 15) is 15.2 Å². The van der Waals surface area contributed by atoms with Crippen LogP contribution in [-0.4, -0.2) is 27.2 Å². The van der Waals surface area contributed by atoms with Crippen LogP contribution in [0.15, 0.2) is 12.1 Å². The van der Waals surface area contributed by atoms with Crippen molar-refractivity contribution in [3.8, 4) is 0 Å². The molecule has 2 N–H and O–H groups in total. The Morgan fingerprint density at radius 1 is 1.60 bits per heavy atom. The highest BCUT2D eigenvalue weighted by molar-refractivity contribution is 5.56. The molecule has 2 atom stereocenters. The molecule has 0 aliphatic heterocycles. The average molecular weight is 279 g/mol. The van der Waals surface area contributed by atoms with Crippen molar-refractivity contribution in [1.29, 1.82) is 0 Å². The molecule has 0 amide bonds. The van der Waals surface area contributed by atoms with E-state index in [0.717, 1.165) is 25.7 Å². The van der Waals surface area contributed by atoms with E-state index in [2.05, 4.69) is 17.2 Å². The van der Waals surface area contributed by atoms with Crippen LogP contribution in [0.4, 0.5) is 11.5 Å². The quantitative estimate of drug-likeness (QED) is 0.653. The number of aromatic nitrogens is 1. The number of hydrogen-bond donors (Lipinski definition) is 2. The highest BCUT2D eigenvalue weighted by Crippen LogP contribution is 2.33. The van der Waals surface area contributed by atoms with Gasteiger partial charge in [0.05, 0.1) is 10.5 Å². The standard InChI is InChI=1S/C14H21N3O3/c1-10-4-3-7-14(18,8-10)9-15-13-12(17(19)20)6-5-11(2)16-13/h5-6,10,18H,3-4,7-9H2,1-2H3,(H,15,16). The number of anilines is 1. The molecule has 1 aliphatic rings. The largest absolute Gasteiger partial charge is 0.388 e. The summed E-state index contributed by atoms with van der Waals surface area (Å²) in [7, 11) is 0. The molecule has 1 aliphatic carbocycles. The smallest absolute Gasteiger partial charge is 0.311 e. The lowest BCUT2D eigenvalue weighted by Gasteiger charge is -2.35. The molecular weight excluding hydrogens is 258 g/mol. The van der Waals surface area contributed by atoms with Crippen LogP contribution in [0, 0.1) is 23.0 Å². The first-order valence-electron chi connectivity index (χ1n) is 6.98. The molecule has 1 heterocycles. The van der Waals surface area contributed by atoms with E-state index in [1.807, 2.05) is 0 Å². The Hall–Kier alpha value is -1.69.